The van der Waals surface area contributed by atoms with Crippen LogP contribution < -0.4 is 0 Å². The molecule has 3 aromatic rings. The van der Waals surface area contributed by atoms with E-state index in [0.29, 0.717) is 0 Å². The molecule has 1 aliphatic rings. The van der Waals surface area contributed by atoms with Crippen LogP contribution in [0.1, 0.15) is 23.6 Å². The predicted molar refractivity (Wildman–Crippen MR) is 140 cm³/mol. The van der Waals surface area contributed by atoms with E-state index in [-0.39, 0.29) is 37.9 Å². The maximum absolute atomic E-state index is 12.8. The molecule has 0 spiro atoms. The van der Waals surface area contributed by atoms with Crippen molar-refractivity contribution in [3.05, 3.63) is 102 Å². The lowest BCUT2D eigenvalue weighted by molar-refractivity contribution is -0.184. The molecular formula is C29H32O8S. The fourth-order valence-electron chi connectivity index (χ4n) is 4.28. The molecule has 0 radical (unpaired) electrons. The molecule has 4 rings (SSSR count). The Bertz CT molecular complexity index is 1280. The van der Waals surface area contributed by atoms with Crippen LogP contribution in [0.15, 0.2) is 89.8 Å². The highest BCUT2D eigenvalue weighted by Crippen LogP contribution is 2.34. The fraction of sp³-hybridized carbons (Fsp3) is 0.345. The Morgan fingerprint density at radius 1 is 0.921 bits per heavy atom. The minimum absolute atomic E-state index is 0.0118. The third-order valence-electron chi connectivity index (χ3n) is 6.17. The molecule has 202 valence electrons. The molecule has 38 heavy (non-hydrogen) atoms. The molecule has 0 saturated carbocycles. The lowest BCUT2D eigenvalue weighted by Gasteiger charge is -2.34. The van der Waals surface area contributed by atoms with E-state index in [0.717, 1.165) is 16.7 Å². The Labute approximate surface area is 223 Å². The molecule has 8 nitrogen and oxygen atoms in total. The van der Waals surface area contributed by atoms with Gasteiger partial charge in [0.15, 0.2) is 5.60 Å². The topological polar surface area (TPSA) is 97.4 Å². The fourth-order valence-corrected chi connectivity index (χ4v) is 5.20. The maximum Gasteiger partial charge on any atom is 0.303 e. The molecule has 0 unspecified atom stereocenters. The first-order valence-electron chi connectivity index (χ1n) is 12.3. The van der Waals surface area contributed by atoms with Gasteiger partial charge in [0.05, 0.1) is 37.9 Å². The number of carbonyl (C=O) groups is 1. The number of esters is 1. The maximum atomic E-state index is 12.8. The number of hydrogen-bond acceptors (Lipinski definition) is 8. The highest BCUT2D eigenvalue weighted by atomic mass is 32.2. The first-order valence-corrected chi connectivity index (χ1v) is 13.7. The van der Waals surface area contributed by atoms with Crippen molar-refractivity contribution >= 4 is 16.1 Å². The van der Waals surface area contributed by atoms with E-state index in [1.54, 1.807) is 12.1 Å². The van der Waals surface area contributed by atoms with Crippen LogP contribution in [-0.2, 0) is 51.3 Å². The molecule has 0 N–H and O–H groups in total. The molecule has 9 heteroatoms. The number of aryl methyl sites for hydroxylation is 1. The first-order chi connectivity index (χ1) is 18.3. The van der Waals surface area contributed by atoms with Gasteiger partial charge >= 0.3 is 5.97 Å². The zero-order valence-electron chi connectivity index (χ0n) is 21.4. The predicted octanol–water partition coefficient (Wildman–Crippen LogP) is 4.20. The molecule has 3 aromatic carbocycles. The average molecular weight is 541 g/mol. The summed E-state index contributed by atoms with van der Waals surface area (Å²) in [5.74, 6) is -0.529. The van der Waals surface area contributed by atoms with Gasteiger partial charge in [-0.05, 0) is 30.2 Å². The first kappa shape index (κ1) is 27.9. The number of ether oxygens (including phenoxy) is 4. The van der Waals surface area contributed by atoms with Crippen molar-refractivity contribution < 1.29 is 36.3 Å². The molecule has 1 aliphatic heterocycles. The molecule has 3 atom stereocenters. The second-order valence-corrected chi connectivity index (χ2v) is 10.9. The van der Waals surface area contributed by atoms with Gasteiger partial charge in [0.25, 0.3) is 10.1 Å². The number of rotatable bonds is 12. The molecule has 1 saturated heterocycles. The summed E-state index contributed by atoms with van der Waals surface area (Å²) in [6, 6.07) is 25.5. The van der Waals surface area contributed by atoms with Gasteiger partial charge in [0.1, 0.15) is 12.2 Å². The van der Waals surface area contributed by atoms with Gasteiger partial charge in [0.2, 0.25) is 0 Å². The van der Waals surface area contributed by atoms with Gasteiger partial charge in [-0.25, -0.2) is 0 Å². The number of benzene rings is 3. The SMILES string of the molecule is CC(=O)O[C@@]1(COCc2ccccc2)CO[C@@H](COS(=O)(=O)c2ccc(C)cc2)[C@@H]1OCc1ccccc1. The van der Waals surface area contributed by atoms with E-state index in [1.807, 2.05) is 67.6 Å². The van der Waals surface area contributed by atoms with Crippen molar-refractivity contribution in [1.29, 1.82) is 0 Å². The van der Waals surface area contributed by atoms with Gasteiger partial charge in [-0.3, -0.25) is 8.98 Å². The number of hydrogen-bond donors (Lipinski definition) is 0. The summed E-state index contributed by atoms with van der Waals surface area (Å²) >= 11 is 0. The quantitative estimate of drug-likeness (QED) is 0.249. The second kappa shape index (κ2) is 12.6. The molecule has 0 amide bonds. The van der Waals surface area contributed by atoms with E-state index in [4.69, 9.17) is 23.1 Å². The van der Waals surface area contributed by atoms with E-state index in [2.05, 4.69) is 0 Å². The van der Waals surface area contributed by atoms with Crippen LogP contribution in [-0.4, -0.2) is 52.0 Å². The zero-order valence-corrected chi connectivity index (χ0v) is 22.3. The lowest BCUT2D eigenvalue weighted by Crippen LogP contribution is -2.53. The molecule has 0 bridgehead atoms. The Morgan fingerprint density at radius 3 is 2.13 bits per heavy atom. The third kappa shape index (κ3) is 7.27. The van der Waals surface area contributed by atoms with Crippen molar-refractivity contribution in [2.75, 3.05) is 19.8 Å². The number of carbonyl (C=O) groups excluding carboxylic acids is 1. The van der Waals surface area contributed by atoms with E-state index >= 15 is 0 Å². The van der Waals surface area contributed by atoms with Crippen molar-refractivity contribution in [2.24, 2.45) is 0 Å². The minimum Gasteiger partial charge on any atom is -0.451 e. The summed E-state index contributed by atoms with van der Waals surface area (Å²) in [7, 11) is -4.04. The van der Waals surface area contributed by atoms with Gasteiger partial charge in [-0.15, -0.1) is 0 Å². The summed E-state index contributed by atoms with van der Waals surface area (Å²) < 4.78 is 55.0. The standard InChI is InChI=1S/C29H32O8S/c1-22-13-15-26(16-14-22)38(31,32)36-19-27-28(34-18-25-11-7-4-8-12-25)29(21-35-27,37-23(2)30)20-33-17-24-9-5-3-6-10-24/h3-16,27-28H,17-21H2,1-2H3/t27-,28-,29-/m0/s1. The molecule has 1 fully saturated rings. The van der Waals surface area contributed by atoms with E-state index in [1.165, 1.54) is 19.1 Å². The Hall–Kier alpha value is -3.08. The second-order valence-electron chi connectivity index (χ2n) is 9.26. The Balaban J connectivity index is 1.53. The van der Waals surface area contributed by atoms with Crippen molar-refractivity contribution in [3.63, 3.8) is 0 Å². The summed E-state index contributed by atoms with van der Waals surface area (Å²) in [6.45, 7) is 3.28. The minimum atomic E-state index is -4.04. The highest BCUT2D eigenvalue weighted by Gasteiger charge is 2.54. The molecule has 0 aliphatic carbocycles. The molecule has 1 heterocycles. The van der Waals surface area contributed by atoms with Crippen molar-refractivity contribution in [3.8, 4) is 0 Å². The third-order valence-corrected chi connectivity index (χ3v) is 7.47. The lowest BCUT2D eigenvalue weighted by atomic mass is 9.96. The van der Waals surface area contributed by atoms with Gasteiger partial charge in [-0.1, -0.05) is 78.4 Å². The summed E-state index contributed by atoms with van der Waals surface area (Å²) in [5.41, 5.74) is 1.49. The van der Waals surface area contributed by atoms with Crippen LogP contribution in [0.25, 0.3) is 0 Å². The van der Waals surface area contributed by atoms with Gasteiger partial charge in [-0.2, -0.15) is 8.42 Å². The highest BCUT2D eigenvalue weighted by molar-refractivity contribution is 7.86. The van der Waals surface area contributed by atoms with E-state index in [9.17, 15) is 13.2 Å². The average Bonchev–Trinajstić information content (AvgIpc) is 3.24. The Kier molecular flexibility index (Phi) is 9.30. The summed E-state index contributed by atoms with van der Waals surface area (Å²) in [6.07, 6.45) is -1.69. The monoisotopic (exact) mass is 540 g/mol. The molecular weight excluding hydrogens is 508 g/mol. The van der Waals surface area contributed by atoms with Crippen LogP contribution in [0.3, 0.4) is 0 Å². The normalized spacial score (nSPS) is 21.3. The van der Waals surface area contributed by atoms with Crippen LogP contribution in [0.5, 0.6) is 0 Å². The van der Waals surface area contributed by atoms with E-state index < -0.39 is 33.9 Å². The van der Waals surface area contributed by atoms with Crippen molar-refractivity contribution in [1.82, 2.24) is 0 Å². The van der Waals surface area contributed by atoms with Crippen LogP contribution in [0.4, 0.5) is 0 Å². The van der Waals surface area contributed by atoms with Crippen molar-refractivity contribution in [2.45, 2.75) is 49.8 Å². The van der Waals surface area contributed by atoms with Gasteiger partial charge in [0, 0.05) is 6.92 Å². The zero-order chi connectivity index (χ0) is 27.0. The summed E-state index contributed by atoms with van der Waals surface area (Å²) in [5, 5.41) is 0. The van der Waals surface area contributed by atoms with Crippen LogP contribution in [0.2, 0.25) is 0 Å². The van der Waals surface area contributed by atoms with Gasteiger partial charge < -0.3 is 18.9 Å². The summed E-state index contributed by atoms with van der Waals surface area (Å²) in [4.78, 5) is 12.2. The molecule has 0 aromatic heterocycles. The Morgan fingerprint density at radius 2 is 1.53 bits per heavy atom. The van der Waals surface area contributed by atoms with Crippen LogP contribution >= 0.6 is 0 Å². The smallest absolute Gasteiger partial charge is 0.303 e. The largest absolute Gasteiger partial charge is 0.451 e. The van der Waals surface area contributed by atoms with Crippen LogP contribution in [0, 0.1) is 6.92 Å².